The molecule has 0 amide bonds. The number of thiophene rings is 1. The number of aliphatic carboxylic acids is 1. The minimum Gasteiger partial charge on any atom is -0.493 e. The quantitative estimate of drug-likeness (QED) is 0.588. The molecular weight excluding hydrogens is 338 g/mol. The van der Waals surface area contributed by atoms with Gasteiger partial charge < -0.3 is 10.2 Å². The van der Waals surface area contributed by atoms with E-state index in [0.29, 0.717) is 5.65 Å². The molecule has 0 atom stereocenters. The Morgan fingerprint density at radius 1 is 1.16 bits per heavy atom. The van der Waals surface area contributed by atoms with Gasteiger partial charge >= 0.3 is 5.97 Å². The van der Waals surface area contributed by atoms with E-state index in [1.165, 1.54) is 10.7 Å². The topological polar surface area (TPSA) is 87.7 Å². The first kappa shape index (κ1) is 15.3. The van der Waals surface area contributed by atoms with Crippen LogP contribution < -0.4 is 0 Å². The number of carboxylic acid groups (broad SMARTS) is 1. The molecule has 4 aromatic rings. The molecule has 25 heavy (non-hydrogen) atoms. The Labute approximate surface area is 146 Å². The van der Waals surface area contributed by atoms with Crippen molar-refractivity contribution in [3.8, 4) is 27.4 Å². The monoisotopic (exact) mass is 351 g/mol. The lowest BCUT2D eigenvalue weighted by Crippen LogP contribution is -2.04. The fraction of sp³-hybridized carbons (Fsp3) is 0.0556. The summed E-state index contributed by atoms with van der Waals surface area (Å²) in [5.74, 6) is -1.23. The third-order valence-corrected chi connectivity index (χ3v) is 4.85. The lowest BCUT2D eigenvalue weighted by atomic mass is 10.1. The van der Waals surface area contributed by atoms with Crippen molar-refractivity contribution in [2.24, 2.45) is 0 Å². The van der Waals surface area contributed by atoms with Gasteiger partial charge in [-0.05, 0) is 22.6 Å². The van der Waals surface area contributed by atoms with Gasteiger partial charge in [0.2, 0.25) is 5.88 Å². The molecule has 0 aliphatic heterocycles. The van der Waals surface area contributed by atoms with Crippen LogP contribution >= 0.6 is 11.3 Å². The SMILES string of the molecule is O=C(O)Cc1cnc2c(-c3cc(-c4ccccc4)cs3)cnn2c1O. The average molecular weight is 351 g/mol. The molecule has 2 N–H and O–H groups in total. The maximum absolute atomic E-state index is 10.9. The molecule has 1 aromatic carbocycles. The van der Waals surface area contributed by atoms with Crippen molar-refractivity contribution in [1.82, 2.24) is 14.6 Å². The molecular formula is C18H13N3O3S. The van der Waals surface area contributed by atoms with Crippen molar-refractivity contribution in [1.29, 1.82) is 0 Å². The lowest BCUT2D eigenvalue weighted by Gasteiger charge is -2.03. The summed E-state index contributed by atoms with van der Waals surface area (Å²) in [5, 5.41) is 25.4. The highest BCUT2D eigenvalue weighted by Gasteiger charge is 2.16. The van der Waals surface area contributed by atoms with Crippen LogP contribution in [0, 0.1) is 0 Å². The van der Waals surface area contributed by atoms with E-state index in [9.17, 15) is 9.90 Å². The van der Waals surface area contributed by atoms with Gasteiger partial charge in [-0.3, -0.25) is 4.79 Å². The van der Waals surface area contributed by atoms with E-state index in [2.05, 4.69) is 21.5 Å². The van der Waals surface area contributed by atoms with Gasteiger partial charge in [0.05, 0.1) is 18.2 Å². The van der Waals surface area contributed by atoms with Gasteiger partial charge in [-0.1, -0.05) is 30.3 Å². The molecule has 0 bridgehead atoms. The third kappa shape index (κ3) is 2.74. The second kappa shape index (κ2) is 6.03. The first-order valence-corrected chi connectivity index (χ1v) is 8.42. The summed E-state index contributed by atoms with van der Waals surface area (Å²) in [6.07, 6.45) is 2.71. The molecule has 124 valence electrons. The molecule has 7 heteroatoms. The summed E-state index contributed by atoms with van der Waals surface area (Å²) in [6.45, 7) is 0. The number of hydrogen-bond donors (Lipinski definition) is 2. The van der Waals surface area contributed by atoms with Crippen molar-refractivity contribution in [3.63, 3.8) is 0 Å². The van der Waals surface area contributed by atoms with Crippen LogP contribution in [-0.4, -0.2) is 30.8 Å². The molecule has 0 saturated carbocycles. The zero-order valence-electron chi connectivity index (χ0n) is 13.0. The second-order valence-electron chi connectivity index (χ2n) is 5.54. The van der Waals surface area contributed by atoms with E-state index < -0.39 is 5.97 Å². The Bertz CT molecular complexity index is 1070. The maximum atomic E-state index is 10.9. The van der Waals surface area contributed by atoms with Crippen molar-refractivity contribution in [2.75, 3.05) is 0 Å². The summed E-state index contributed by atoms with van der Waals surface area (Å²) < 4.78 is 1.27. The van der Waals surface area contributed by atoms with Crippen LogP contribution in [0.5, 0.6) is 5.88 Å². The Morgan fingerprint density at radius 2 is 1.96 bits per heavy atom. The van der Waals surface area contributed by atoms with E-state index in [1.807, 2.05) is 30.3 Å². The minimum absolute atomic E-state index is 0.196. The van der Waals surface area contributed by atoms with Gasteiger partial charge in [0, 0.05) is 16.6 Å². The van der Waals surface area contributed by atoms with E-state index in [1.54, 1.807) is 17.5 Å². The molecule has 0 radical (unpaired) electrons. The summed E-state index contributed by atoms with van der Waals surface area (Å²) in [7, 11) is 0. The fourth-order valence-corrected chi connectivity index (χ4v) is 3.60. The van der Waals surface area contributed by atoms with Gasteiger partial charge in [0.1, 0.15) is 0 Å². The predicted octanol–water partition coefficient (Wildman–Crippen LogP) is 3.46. The number of rotatable bonds is 4. The van der Waals surface area contributed by atoms with Crippen LogP contribution in [0.25, 0.3) is 27.2 Å². The highest BCUT2D eigenvalue weighted by Crippen LogP contribution is 2.35. The van der Waals surface area contributed by atoms with Gasteiger partial charge in [-0.15, -0.1) is 11.3 Å². The first-order valence-electron chi connectivity index (χ1n) is 7.54. The number of aromatic nitrogens is 3. The number of fused-ring (bicyclic) bond motifs is 1. The predicted molar refractivity (Wildman–Crippen MR) is 94.7 cm³/mol. The van der Waals surface area contributed by atoms with Gasteiger partial charge in [-0.25, -0.2) is 4.98 Å². The average Bonchev–Trinajstić information content (AvgIpc) is 3.25. The van der Waals surface area contributed by atoms with Gasteiger partial charge in [0.15, 0.2) is 5.65 Å². The Balaban J connectivity index is 1.77. The molecule has 3 aromatic heterocycles. The third-order valence-electron chi connectivity index (χ3n) is 3.89. The summed E-state index contributed by atoms with van der Waals surface area (Å²) >= 11 is 1.57. The molecule has 0 fully saturated rings. The molecule has 0 aliphatic rings. The van der Waals surface area contributed by atoms with Crippen molar-refractivity contribution < 1.29 is 15.0 Å². The minimum atomic E-state index is -1.03. The fourth-order valence-electron chi connectivity index (χ4n) is 2.67. The van der Waals surface area contributed by atoms with Crippen LogP contribution in [0.2, 0.25) is 0 Å². The lowest BCUT2D eigenvalue weighted by molar-refractivity contribution is -0.136. The molecule has 0 saturated heterocycles. The van der Waals surface area contributed by atoms with E-state index in [0.717, 1.165) is 21.6 Å². The highest BCUT2D eigenvalue weighted by molar-refractivity contribution is 7.14. The molecule has 4 rings (SSSR count). The van der Waals surface area contributed by atoms with E-state index >= 15 is 0 Å². The van der Waals surface area contributed by atoms with Gasteiger partial charge in [0.25, 0.3) is 0 Å². The molecule has 3 heterocycles. The zero-order chi connectivity index (χ0) is 17.4. The summed E-state index contributed by atoms with van der Waals surface area (Å²) in [4.78, 5) is 16.1. The molecule has 0 spiro atoms. The standard InChI is InChI=1S/C18H13N3O3S/c22-16(23)7-12-8-19-17-14(9-20-21(17)18(12)24)15-6-13(10-25-15)11-4-2-1-3-5-11/h1-6,8-10,24H,7H2,(H,22,23). The highest BCUT2D eigenvalue weighted by atomic mass is 32.1. The van der Waals surface area contributed by atoms with Gasteiger partial charge in [-0.2, -0.15) is 9.61 Å². The van der Waals surface area contributed by atoms with Crippen molar-refractivity contribution in [3.05, 3.63) is 59.7 Å². The number of aromatic hydroxyl groups is 1. The normalized spacial score (nSPS) is 11.0. The van der Waals surface area contributed by atoms with Crippen LogP contribution in [-0.2, 0) is 11.2 Å². The zero-order valence-corrected chi connectivity index (χ0v) is 13.8. The molecule has 6 nitrogen and oxygen atoms in total. The number of carboxylic acids is 1. The number of nitrogens with zero attached hydrogens (tertiary/aromatic N) is 3. The van der Waals surface area contributed by atoms with E-state index in [4.69, 9.17) is 5.11 Å². The van der Waals surface area contributed by atoms with Crippen LogP contribution in [0.4, 0.5) is 0 Å². The number of hydrogen-bond acceptors (Lipinski definition) is 5. The second-order valence-corrected chi connectivity index (χ2v) is 6.45. The first-order chi connectivity index (χ1) is 12.1. The van der Waals surface area contributed by atoms with Crippen LogP contribution in [0.15, 0.2) is 54.2 Å². The Hall–Kier alpha value is -3.19. The summed E-state index contributed by atoms with van der Waals surface area (Å²) in [5.41, 5.74) is 3.75. The summed E-state index contributed by atoms with van der Waals surface area (Å²) in [6, 6.07) is 12.1. The van der Waals surface area contributed by atoms with Crippen LogP contribution in [0.3, 0.4) is 0 Å². The largest absolute Gasteiger partial charge is 0.493 e. The molecule has 0 unspecified atom stereocenters. The molecule has 0 aliphatic carbocycles. The van der Waals surface area contributed by atoms with E-state index in [-0.39, 0.29) is 17.9 Å². The Morgan fingerprint density at radius 3 is 2.72 bits per heavy atom. The Kier molecular flexibility index (Phi) is 3.70. The maximum Gasteiger partial charge on any atom is 0.308 e. The smallest absolute Gasteiger partial charge is 0.308 e. The van der Waals surface area contributed by atoms with Crippen molar-refractivity contribution >= 4 is 23.0 Å². The van der Waals surface area contributed by atoms with Crippen LogP contribution in [0.1, 0.15) is 5.56 Å². The number of benzene rings is 1. The van der Waals surface area contributed by atoms with Crippen molar-refractivity contribution in [2.45, 2.75) is 6.42 Å². The number of carbonyl (C=O) groups is 1.